The first-order chi connectivity index (χ1) is 8.30. The summed E-state index contributed by atoms with van der Waals surface area (Å²) in [7, 11) is -1.70. The number of methoxy groups -OCH3 is 1. The molecule has 0 saturated heterocycles. The standard InChI is InChI=1S/C11H21NO5S/c1-4-5-6-10(17-2)12-9(11(13)14)7-8-18(3,15)16/h4,9-10,12H,1,5-8H2,2-3H3,(H,13,14)/t9-,10?/m0/s1. The highest BCUT2D eigenvalue weighted by atomic mass is 32.2. The third-order valence-electron chi connectivity index (χ3n) is 2.38. The van der Waals surface area contributed by atoms with Crippen molar-refractivity contribution in [3.8, 4) is 0 Å². The minimum absolute atomic E-state index is 0.0160. The monoisotopic (exact) mass is 279 g/mol. The van der Waals surface area contributed by atoms with E-state index in [1.807, 2.05) is 0 Å². The Morgan fingerprint density at radius 3 is 2.50 bits per heavy atom. The van der Waals surface area contributed by atoms with E-state index in [0.717, 1.165) is 6.26 Å². The molecule has 0 radical (unpaired) electrons. The van der Waals surface area contributed by atoms with Crippen LogP contribution in [0.25, 0.3) is 0 Å². The molecule has 0 aliphatic rings. The van der Waals surface area contributed by atoms with Gasteiger partial charge in [-0.1, -0.05) is 6.08 Å². The quantitative estimate of drug-likeness (QED) is 0.444. The highest BCUT2D eigenvalue weighted by molar-refractivity contribution is 7.90. The van der Waals surface area contributed by atoms with Gasteiger partial charge >= 0.3 is 5.97 Å². The maximum absolute atomic E-state index is 11.0. The number of allylic oxidation sites excluding steroid dienone is 1. The van der Waals surface area contributed by atoms with Gasteiger partial charge in [-0.3, -0.25) is 10.1 Å². The Balaban J connectivity index is 4.41. The van der Waals surface area contributed by atoms with Crippen LogP contribution in [0, 0.1) is 0 Å². The van der Waals surface area contributed by atoms with E-state index in [9.17, 15) is 13.2 Å². The Kier molecular flexibility index (Phi) is 7.81. The number of hydrogen-bond acceptors (Lipinski definition) is 5. The molecule has 0 spiro atoms. The summed E-state index contributed by atoms with van der Waals surface area (Å²) in [4.78, 5) is 11.0. The zero-order valence-electron chi connectivity index (χ0n) is 10.8. The van der Waals surface area contributed by atoms with Gasteiger partial charge < -0.3 is 9.84 Å². The SMILES string of the molecule is C=CCCC(N[C@@H](CCS(C)(=O)=O)C(=O)O)OC. The zero-order valence-corrected chi connectivity index (χ0v) is 11.6. The third-order valence-corrected chi connectivity index (χ3v) is 3.36. The fourth-order valence-electron chi connectivity index (χ4n) is 1.37. The van der Waals surface area contributed by atoms with Crippen LogP contribution < -0.4 is 5.32 Å². The van der Waals surface area contributed by atoms with Gasteiger partial charge in [0.2, 0.25) is 0 Å². The Morgan fingerprint density at radius 1 is 1.50 bits per heavy atom. The van der Waals surface area contributed by atoms with Crippen molar-refractivity contribution in [3.05, 3.63) is 12.7 Å². The fourth-order valence-corrected chi connectivity index (χ4v) is 2.04. The number of hydrogen-bond donors (Lipinski definition) is 2. The summed E-state index contributed by atoms with van der Waals surface area (Å²) in [6, 6.07) is -0.936. The molecule has 0 aromatic carbocycles. The summed E-state index contributed by atoms with van der Waals surface area (Å²) in [5.74, 6) is -1.26. The largest absolute Gasteiger partial charge is 0.480 e. The normalized spacial score (nSPS) is 15.0. The lowest BCUT2D eigenvalue weighted by Gasteiger charge is -2.21. The molecule has 0 saturated carbocycles. The Bertz CT molecular complexity index is 366. The minimum Gasteiger partial charge on any atom is -0.480 e. The van der Waals surface area contributed by atoms with Gasteiger partial charge in [0.25, 0.3) is 0 Å². The second-order valence-corrected chi connectivity index (χ2v) is 6.33. The lowest BCUT2D eigenvalue weighted by Crippen LogP contribution is -2.45. The molecule has 0 aromatic heterocycles. The van der Waals surface area contributed by atoms with Gasteiger partial charge in [-0.15, -0.1) is 6.58 Å². The Labute approximate surface area is 108 Å². The van der Waals surface area contributed by atoms with E-state index in [2.05, 4.69) is 11.9 Å². The van der Waals surface area contributed by atoms with Crippen LogP contribution >= 0.6 is 0 Å². The topological polar surface area (TPSA) is 92.7 Å². The molecule has 0 aromatic rings. The van der Waals surface area contributed by atoms with Crippen molar-refractivity contribution in [2.75, 3.05) is 19.1 Å². The van der Waals surface area contributed by atoms with Gasteiger partial charge in [-0.05, 0) is 19.3 Å². The molecule has 0 amide bonds. The molecule has 7 heteroatoms. The summed E-state index contributed by atoms with van der Waals surface area (Å²) in [6.45, 7) is 3.57. The first kappa shape index (κ1) is 17.1. The molecule has 18 heavy (non-hydrogen) atoms. The fraction of sp³-hybridized carbons (Fsp3) is 0.727. The molecular formula is C11H21NO5S. The van der Waals surface area contributed by atoms with E-state index in [4.69, 9.17) is 9.84 Å². The number of nitrogens with one attached hydrogen (secondary N) is 1. The number of carbonyl (C=O) groups is 1. The van der Waals surface area contributed by atoms with Gasteiger partial charge in [-0.2, -0.15) is 0 Å². The van der Waals surface area contributed by atoms with Crippen molar-refractivity contribution in [3.63, 3.8) is 0 Å². The van der Waals surface area contributed by atoms with E-state index in [1.165, 1.54) is 7.11 Å². The smallest absolute Gasteiger partial charge is 0.320 e. The molecule has 0 heterocycles. The predicted molar refractivity (Wildman–Crippen MR) is 69.1 cm³/mol. The Hall–Kier alpha value is -0.920. The van der Waals surface area contributed by atoms with Crippen LogP contribution in [0.1, 0.15) is 19.3 Å². The van der Waals surface area contributed by atoms with Crippen LogP contribution in [-0.2, 0) is 19.4 Å². The molecule has 2 atom stereocenters. The third kappa shape index (κ3) is 8.21. The summed E-state index contributed by atoms with van der Waals surface area (Å²) in [5.41, 5.74) is 0. The average molecular weight is 279 g/mol. The van der Waals surface area contributed by atoms with Gasteiger partial charge in [0.1, 0.15) is 22.1 Å². The molecule has 0 aliphatic heterocycles. The van der Waals surface area contributed by atoms with Gasteiger partial charge in [-0.25, -0.2) is 8.42 Å². The molecule has 1 unspecified atom stereocenters. The van der Waals surface area contributed by atoms with Crippen LogP contribution in [0.3, 0.4) is 0 Å². The second-order valence-electron chi connectivity index (χ2n) is 4.07. The van der Waals surface area contributed by atoms with Crippen molar-refractivity contribution in [1.29, 1.82) is 0 Å². The van der Waals surface area contributed by atoms with Crippen molar-refractivity contribution in [2.24, 2.45) is 0 Å². The van der Waals surface area contributed by atoms with E-state index < -0.39 is 28.1 Å². The van der Waals surface area contributed by atoms with Crippen molar-refractivity contribution in [1.82, 2.24) is 5.32 Å². The highest BCUT2D eigenvalue weighted by Crippen LogP contribution is 2.04. The summed E-state index contributed by atoms with van der Waals surface area (Å²) in [6.07, 6.45) is 3.65. The van der Waals surface area contributed by atoms with Crippen molar-refractivity contribution >= 4 is 15.8 Å². The van der Waals surface area contributed by atoms with Crippen LogP contribution in [-0.4, -0.2) is 50.9 Å². The summed E-state index contributed by atoms with van der Waals surface area (Å²) >= 11 is 0. The molecule has 0 bridgehead atoms. The molecule has 106 valence electrons. The minimum atomic E-state index is -3.17. The summed E-state index contributed by atoms with van der Waals surface area (Å²) in [5, 5.41) is 11.8. The first-order valence-corrected chi connectivity index (χ1v) is 7.66. The molecular weight excluding hydrogens is 258 g/mol. The molecule has 0 fully saturated rings. The molecule has 0 aliphatic carbocycles. The summed E-state index contributed by atoms with van der Waals surface area (Å²) < 4.78 is 27.1. The number of aliphatic carboxylic acids is 1. The van der Waals surface area contributed by atoms with E-state index in [1.54, 1.807) is 6.08 Å². The average Bonchev–Trinajstić information content (AvgIpc) is 2.26. The number of carboxylic acid groups (broad SMARTS) is 1. The van der Waals surface area contributed by atoms with E-state index in [0.29, 0.717) is 12.8 Å². The molecule has 0 rings (SSSR count). The maximum atomic E-state index is 11.0. The van der Waals surface area contributed by atoms with Crippen LogP contribution in [0.4, 0.5) is 0 Å². The van der Waals surface area contributed by atoms with Gasteiger partial charge in [0.15, 0.2) is 0 Å². The van der Waals surface area contributed by atoms with E-state index >= 15 is 0 Å². The molecule has 2 N–H and O–H groups in total. The molecule has 6 nitrogen and oxygen atoms in total. The van der Waals surface area contributed by atoms with Crippen LogP contribution in [0.15, 0.2) is 12.7 Å². The lowest BCUT2D eigenvalue weighted by atomic mass is 10.2. The van der Waals surface area contributed by atoms with Crippen molar-refractivity contribution < 1.29 is 23.1 Å². The maximum Gasteiger partial charge on any atom is 0.320 e. The number of carboxylic acids is 1. The lowest BCUT2D eigenvalue weighted by molar-refractivity contribution is -0.140. The first-order valence-electron chi connectivity index (χ1n) is 5.60. The van der Waals surface area contributed by atoms with Crippen molar-refractivity contribution in [2.45, 2.75) is 31.5 Å². The number of ether oxygens (including phenoxy) is 1. The van der Waals surface area contributed by atoms with Crippen LogP contribution in [0.2, 0.25) is 0 Å². The van der Waals surface area contributed by atoms with Gasteiger partial charge in [0, 0.05) is 13.4 Å². The second kappa shape index (κ2) is 8.23. The van der Waals surface area contributed by atoms with Crippen LogP contribution in [0.5, 0.6) is 0 Å². The Morgan fingerprint density at radius 2 is 2.11 bits per heavy atom. The van der Waals surface area contributed by atoms with Gasteiger partial charge in [0.05, 0.1) is 5.75 Å². The predicted octanol–water partition coefficient (Wildman–Crippen LogP) is 0.403. The number of rotatable bonds is 10. The number of sulfone groups is 1. The zero-order chi connectivity index (χ0) is 14.2. The van der Waals surface area contributed by atoms with E-state index in [-0.39, 0.29) is 12.2 Å². The highest BCUT2D eigenvalue weighted by Gasteiger charge is 2.22.